The molecule has 0 spiro atoms. The Kier molecular flexibility index (Phi) is 8.59. The second-order valence-corrected chi connectivity index (χ2v) is 12.0. The highest BCUT2D eigenvalue weighted by atomic mass is 32.1. The number of aryl methyl sites for hydroxylation is 3. The predicted octanol–water partition coefficient (Wildman–Crippen LogP) is 6.92. The molecule has 0 bridgehead atoms. The first-order valence-corrected chi connectivity index (χ1v) is 15.3. The lowest BCUT2D eigenvalue weighted by molar-refractivity contribution is 0.0531. The number of hydrogen-bond donors (Lipinski definition) is 0. The van der Waals surface area contributed by atoms with Crippen LogP contribution in [0.4, 0.5) is 5.13 Å². The number of rotatable bonds is 10. The van der Waals surface area contributed by atoms with Crippen molar-refractivity contribution in [3.8, 4) is 11.5 Å². The molecular weight excluding hydrogens is 568 g/mol. The van der Waals surface area contributed by atoms with Crippen LogP contribution in [-0.4, -0.2) is 36.7 Å². The average molecular weight is 605 g/mol. The molecule has 2 aromatic heterocycles. The normalized spacial score (nSPS) is 14.5. The minimum absolute atomic E-state index is 0.0495. The van der Waals surface area contributed by atoms with Gasteiger partial charge in [0, 0.05) is 0 Å². The molecule has 2 aromatic carbocycles. The maximum absolute atomic E-state index is 14.2. The summed E-state index contributed by atoms with van der Waals surface area (Å²) in [5.41, 5.74) is 3.18. The third kappa shape index (κ3) is 5.63. The van der Waals surface area contributed by atoms with Crippen molar-refractivity contribution in [1.29, 1.82) is 0 Å². The van der Waals surface area contributed by atoms with E-state index in [1.807, 2.05) is 26.8 Å². The molecule has 3 heterocycles. The van der Waals surface area contributed by atoms with Gasteiger partial charge in [0.2, 0.25) is 5.76 Å². The lowest BCUT2D eigenvalue weighted by atomic mass is 9.97. The quantitative estimate of drug-likeness (QED) is 0.179. The van der Waals surface area contributed by atoms with Gasteiger partial charge in [-0.2, -0.15) is 0 Å². The minimum Gasteiger partial charge on any atom is -0.490 e. The van der Waals surface area contributed by atoms with E-state index in [-0.39, 0.29) is 28.5 Å². The van der Waals surface area contributed by atoms with Gasteiger partial charge in [0.05, 0.1) is 42.5 Å². The Hall–Kier alpha value is -4.18. The lowest BCUT2D eigenvalue weighted by Gasteiger charge is -2.23. The SMILES string of the molecule is CCOC(=O)c1sc(N2C(=O)c3oc4cc(C)c(C)cc4c(=O)c3C2c2ccc(OCCC(C)C)c(OCC)c2)nc1C. The molecule has 43 heavy (non-hydrogen) atoms. The van der Waals surface area contributed by atoms with E-state index in [4.69, 9.17) is 18.6 Å². The first-order valence-electron chi connectivity index (χ1n) is 14.5. The molecule has 10 heteroatoms. The maximum Gasteiger partial charge on any atom is 0.350 e. The zero-order chi connectivity index (χ0) is 31.0. The van der Waals surface area contributed by atoms with E-state index in [9.17, 15) is 14.4 Å². The number of benzene rings is 2. The smallest absolute Gasteiger partial charge is 0.350 e. The van der Waals surface area contributed by atoms with E-state index < -0.39 is 17.9 Å². The van der Waals surface area contributed by atoms with Gasteiger partial charge in [-0.05, 0) is 87.9 Å². The number of nitrogens with zero attached hydrogens (tertiary/aromatic N) is 2. The molecule has 0 N–H and O–H groups in total. The van der Waals surface area contributed by atoms with Crippen LogP contribution >= 0.6 is 11.3 Å². The van der Waals surface area contributed by atoms with Crippen LogP contribution < -0.4 is 19.8 Å². The van der Waals surface area contributed by atoms with Crippen LogP contribution in [0.25, 0.3) is 11.0 Å². The van der Waals surface area contributed by atoms with Crippen molar-refractivity contribution in [3.63, 3.8) is 0 Å². The maximum atomic E-state index is 14.2. The molecule has 0 saturated heterocycles. The Bertz CT molecular complexity index is 1770. The van der Waals surface area contributed by atoms with Crippen LogP contribution in [0.15, 0.2) is 39.5 Å². The summed E-state index contributed by atoms with van der Waals surface area (Å²) >= 11 is 1.04. The van der Waals surface area contributed by atoms with Gasteiger partial charge in [0.1, 0.15) is 10.5 Å². The molecule has 0 fully saturated rings. The van der Waals surface area contributed by atoms with E-state index in [1.165, 1.54) is 4.90 Å². The van der Waals surface area contributed by atoms with Crippen LogP contribution in [-0.2, 0) is 4.74 Å². The molecule has 0 aliphatic carbocycles. The van der Waals surface area contributed by atoms with Crippen molar-refractivity contribution >= 4 is 39.3 Å². The fourth-order valence-corrected chi connectivity index (χ4v) is 6.09. The van der Waals surface area contributed by atoms with Gasteiger partial charge >= 0.3 is 5.97 Å². The van der Waals surface area contributed by atoms with Crippen molar-refractivity contribution in [3.05, 3.63) is 79.1 Å². The first-order chi connectivity index (χ1) is 20.5. The largest absolute Gasteiger partial charge is 0.490 e. The van der Waals surface area contributed by atoms with E-state index in [1.54, 1.807) is 38.1 Å². The Morgan fingerprint density at radius 2 is 1.77 bits per heavy atom. The summed E-state index contributed by atoms with van der Waals surface area (Å²) < 4.78 is 23.4. The van der Waals surface area contributed by atoms with Crippen LogP contribution in [0, 0.1) is 26.7 Å². The molecular formula is C33H36N2O7S. The second kappa shape index (κ2) is 12.2. The number of ether oxygens (including phenoxy) is 3. The summed E-state index contributed by atoms with van der Waals surface area (Å²) in [5.74, 6) is 0.476. The molecule has 0 saturated carbocycles. The van der Waals surface area contributed by atoms with Gasteiger partial charge < -0.3 is 18.6 Å². The molecule has 226 valence electrons. The van der Waals surface area contributed by atoms with Crippen LogP contribution in [0.2, 0.25) is 0 Å². The number of esters is 1. The molecule has 0 radical (unpaired) electrons. The first kappa shape index (κ1) is 30.3. The standard InChI is InChI=1S/C33H36N2O7S/c1-8-39-25-16-21(10-11-23(25)41-13-12-17(3)4)27-26-28(36)22-14-18(5)19(6)15-24(22)42-29(26)31(37)35(27)33-34-20(7)30(43-33)32(38)40-9-2/h10-11,14-17,27H,8-9,12-13H2,1-7H3. The Labute approximate surface area is 254 Å². The molecule has 1 atom stereocenters. The van der Waals surface area contributed by atoms with Crippen molar-refractivity contribution in [2.45, 2.75) is 60.9 Å². The minimum atomic E-state index is -0.880. The van der Waals surface area contributed by atoms with Crippen LogP contribution in [0.5, 0.6) is 11.5 Å². The summed E-state index contributed by atoms with van der Waals surface area (Å²) in [6.45, 7) is 14.5. The summed E-state index contributed by atoms with van der Waals surface area (Å²) in [5, 5.41) is 0.649. The number of fused-ring (bicyclic) bond motifs is 2. The van der Waals surface area contributed by atoms with Crippen molar-refractivity contribution < 1.29 is 28.2 Å². The molecule has 1 aliphatic rings. The highest BCUT2D eigenvalue weighted by molar-refractivity contribution is 7.17. The van der Waals surface area contributed by atoms with Gasteiger partial charge in [0.25, 0.3) is 5.91 Å². The molecule has 5 rings (SSSR count). The second-order valence-electron chi connectivity index (χ2n) is 11.0. The van der Waals surface area contributed by atoms with Crippen molar-refractivity contribution in [1.82, 2.24) is 4.98 Å². The number of aromatic nitrogens is 1. The topological polar surface area (TPSA) is 108 Å². The fraction of sp³-hybridized carbons (Fsp3) is 0.394. The number of hydrogen-bond acceptors (Lipinski definition) is 9. The van der Waals surface area contributed by atoms with Crippen LogP contribution in [0.3, 0.4) is 0 Å². The molecule has 1 amide bonds. The highest BCUT2D eigenvalue weighted by Gasteiger charge is 2.45. The summed E-state index contributed by atoms with van der Waals surface area (Å²) in [6.07, 6.45) is 0.880. The fourth-order valence-electron chi connectivity index (χ4n) is 5.10. The predicted molar refractivity (Wildman–Crippen MR) is 166 cm³/mol. The lowest BCUT2D eigenvalue weighted by Crippen LogP contribution is -2.29. The van der Waals surface area contributed by atoms with Gasteiger partial charge in [-0.25, -0.2) is 9.78 Å². The highest BCUT2D eigenvalue weighted by Crippen LogP contribution is 2.45. The van der Waals surface area contributed by atoms with Gasteiger partial charge in [0.15, 0.2) is 22.1 Å². The Morgan fingerprint density at radius 1 is 1.02 bits per heavy atom. The number of anilines is 1. The summed E-state index contributed by atoms with van der Waals surface area (Å²) in [4.78, 5) is 47.2. The molecule has 1 aliphatic heterocycles. The third-order valence-corrected chi connectivity index (χ3v) is 8.61. The number of carbonyl (C=O) groups excluding carboxylic acids is 2. The van der Waals surface area contributed by atoms with E-state index in [0.29, 0.717) is 57.7 Å². The van der Waals surface area contributed by atoms with Crippen molar-refractivity contribution in [2.75, 3.05) is 24.7 Å². The van der Waals surface area contributed by atoms with Gasteiger partial charge in [-0.1, -0.05) is 31.3 Å². The third-order valence-electron chi connectivity index (χ3n) is 7.47. The Balaban J connectivity index is 1.71. The van der Waals surface area contributed by atoms with Gasteiger partial charge in [-0.15, -0.1) is 0 Å². The zero-order valence-electron chi connectivity index (χ0n) is 25.5. The van der Waals surface area contributed by atoms with E-state index in [2.05, 4.69) is 18.8 Å². The Morgan fingerprint density at radius 3 is 2.47 bits per heavy atom. The van der Waals surface area contributed by atoms with E-state index in [0.717, 1.165) is 28.9 Å². The molecule has 4 aromatic rings. The molecule has 9 nitrogen and oxygen atoms in total. The van der Waals surface area contributed by atoms with Crippen molar-refractivity contribution in [2.24, 2.45) is 5.92 Å². The zero-order valence-corrected chi connectivity index (χ0v) is 26.3. The number of carbonyl (C=O) groups is 2. The average Bonchev–Trinajstić information content (AvgIpc) is 3.48. The van der Waals surface area contributed by atoms with Crippen LogP contribution in [0.1, 0.15) is 88.3 Å². The summed E-state index contributed by atoms with van der Waals surface area (Å²) in [6, 6.07) is 8.11. The summed E-state index contributed by atoms with van der Waals surface area (Å²) in [7, 11) is 0. The number of amides is 1. The monoisotopic (exact) mass is 604 g/mol. The van der Waals surface area contributed by atoms with E-state index >= 15 is 0 Å². The van der Waals surface area contributed by atoms with Gasteiger partial charge in [-0.3, -0.25) is 14.5 Å². The number of thiazole rings is 1. The molecule has 1 unspecified atom stereocenters.